The van der Waals surface area contributed by atoms with E-state index >= 15 is 0 Å². The fraction of sp³-hybridized carbons (Fsp3) is 1.00. The van der Waals surface area contributed by atoms with Crippen LogP contribution in [-0.2, 0) is 0 Å². The van der Waals surface area contributed by atoms with Crippen molar-refractivity contribution in [2.45, 2.75) is 38.4 Å². The standard InChI is InChI=1S/C9H20S2/c1-4-9(10-3)7-6-8-11-5-2/h9H,4-8H2,1-3H3. The molecule has 68 valence electrons. The van der Waals surface area contributed by atoms with Crippen LogP contribution in [0, 0.1) is 0 Å². The highest BCUT2D eigenvalue weighted by atomic mass is 32.2. The zero-order valence-corrected chi connectivity index (χ0v) is 9.56. The van der Waals surface area contributed by atoms with Crippen LogP contribution in [0.2, 0.25) is 0 Å². The molecule has 1 atom stereocenters. The van der Waals surface area contributed by atoms with Gasteiger partial charge in [-0.15, -0.1) is 0 Å². The molecule has 0 aromatic carbocycles. The van der Waals surface area contributed by atoms with Gasteiger partial charge in [-0.3, -0.25) is 0 Å². The number of hydrogen-bond donors (Lipinski definition) is 0. The van der Waals surface area contributed by atoms with Gasteiger partial charge >= 0.3 is 0 Å². The van der Waals surface area contributed by atoms with Crippen LogP contribution in [0.1, 0.15) is 33.1 Å². The van der Waals surface area contributed by atoms with Crippen LogP contribution in [0.15, 0.2) is 0 Å². The minimum atomic E-state index is 0.910. The van der Waals surface area contributed by atoms with Crippen molar-refractivity contribution < 1.29 is 0 Å². The molecule has 0 aliphatic rings. The molecule has 0 spiro atoms. The van der Waals surface area contributed by atoms with E-state index in [1.807, 2.05) is 11.8 Å². The van der Waals surface area contributed by atoms with Gasteiger partial charge < -0.3 is 0 Å². The summed E-state index contributed by atoms with van der Waals surface area (Å²) in [6, 6.07) is 0. The Morgan fingerprint density at radius 1 is 1.27 bits per heavy atom. The molecule has 0 saturated heterocycles. The third-order valence-corrected chi connectivity index (χ3v) is 4.03. The predicted octanol–water partition coefficient (Wildman–Crippen LogP) is 3.66. The molecular weight excluding hydrogens is 172 g/mol. The Morgan fingerprint density at radius 3 is 2.45 bits per heavy atom. The van der Waals surface area contributed by atoms with Gasteiger partial charge in [0.25, 0.3) is 0 Å². The second-order valence-corrected chi connectivity index (χ2v) is 5.14. The van der Waals surface area contributed by atoms with Crippen molar-refractivity contribution in [2.24, 2.45) is 0 Å². The van der Waals surface area contributed by atoms with Crippen molar-refractivity contribution in [1.82, 2.24) is 0 Å². The molecule has 0 saturated carbocycles. The predicted molar refractivity (Wildman–Crippen MR) is 59.8 cm³/mol. The molecule has 0 amide bonds. The summed E-state index contributed by atoms with van der Waals surface area (Å²) in [6.07, 6.45) is 6.36. The Kier molecular flexibility index (Phi) is 9.35. The summed E-state index contributed by atoms with van der Waals surface area (Å²) >= 11 is 4.08. The van der Waals surface area contributed by atoms with Gasteiger partial charge in [0.1, 0.15) is 0 Å². The SMILES string of the molecule is CCSCCCC(CC)SC. The van der Waals surface area contributed by atoms with Crippen LogP contribution >= 0.6 is 23.5 Å². The van der Waals surface area contributed by atoms with E-state index in [2.05, 4.69) is 31.9 Å². The third-order valence-electron chi connectivity index (χ3n) is 1.81. The van der Waals surface area contributed by atoms with E-state index in [1.54, 1.807) is 0 Å². The van der Waals surface area contributed by atoms with E-state index in [4.69, 9.17) is 0 Å². The van der Waals surface area contributed by atoms with E-state index in [0.717, 1.165) is 5.25 Å². The lowest BCUT2D eigenvalue weighted by Crippen LogP contribution is -2.00. The fourth-order valence-electron chi connectivity index (χ4n) is 1.05. The molecule has 0 aliphatic carbocycles. The molecule has 0 N–H and O–H groups in total. The van der Waals surface area contributed by atoms with E-state index in [-0.39, 0.29) is 0 Å². The average Bonchev–Trinajstić information content (AvgIpc) is 2.05. The third kappa shape index (κ3) is 7.07. The maximum absolute atomic E-state index is 2.29. The van der Waals surface area contributed by atoms with Crippen LogP contribution in [0.5, 0.6) is 0 Å². The minimum Gasteiger partial charge on any atom is -0.162 e. The Balaban J connectivity index is 3.07. The highest BCUT2D eigenvalue weighted by Gasteiger charge is 2.02. The summed E-state index contributed by atoms with van der Waals surface area (Å²) in [4.78, 5) is 0. The number of thioether (sulfide) groups is 2. The van der Waals surface area contributed by atoms with E-state index in [9.17, 15) is 0 Å². The molecule has 0 aromatic heterocycles. The van der Waals surface area contributed by atoms with Crippen LogP contribution in [0.25, 0.3) is 0 Å². The summed E-state index contributed by atoms with van der Waals surface area (Å²) < 4.78 is 0. The first kappa shape index (κ1) is 11.7. The fourth-order valence-corrected chi connectivity index (χ4v) is 2.44. The summed E-state index contributed by atoms with van der Waals surface area (Å²) in [5.41, 5.74) is 0. The molecule has 0 nitrogen and oxygen atoms in total. The van der Waals surface area contributed by atoms with Crippen LogP contribution in [0.3, 0.4) is 0 Å². The van der Waals surface area contributed by atoms with Gasteiger partial charge in [0.15, 0.2) is 0 Å². The Hall–Kier alpha value is 0.700. The van der Waals surface area contributed by atoms with Gasteiger partial charge in [-0.2, -0.15) is 23.5 Å². The van der Waals surface area contributed by atoms with Crippen molar-refractivity contribution in [2.75, 3.05) is 17.8 Å². The molecule has 0 radical (unpaired) electrons. The van der Waals surface area contributed by atoms with Gasteiger partial charge in [-0.05, 0) is 37.0 Å². The van der Waals surface area contributed by atoms with Crippen molar-refractivity contribution in [3.63, 3.8) is 0 Å². The van der Waals surface area contributed by atoms with Crippen LogP contribution < -0.4 is 0 Å². The summed E-state index contributed by atoms with van der Waals surface area (Å²) in [7, 11) is 0. The lowest BCUT2D eigenvalue weighted by molar-refractivity contribution is 0.726. The van der Waals surface area contributed by atoms with Gasteiger partial charge in [0.05, 0.1) is 0 Å². The number of rotatable bonds is 7. The van der Waals surface area contributed by atoms with Gasteiger partial charge in [-0.25, -0.2) is 0 Å². The van der Waals surface area contributed by atoms with E-state index in [1.165, 1.54) is 30.8 Å². The molecule has 1 unspecified atom stereocenters. The summed E-state index contributed by atoms with van der Waals surface area (Å²) in [5.74, 6) is 2.63. The monoisotopic (exact) mass is 192 g/mol. The molecule has 0 heterocycles. The second-order valence-electron chi connectivity index (χ2n) is 2.61. The first-order valence-corrected chi connectivity index (χ1v) is 6.89. The van der Waals surface area contributed by atoms with Crippen molar-refractivity contribution >= 4 is 23.5 Å². The van der Waals surface area contributed by atoms with Gasteiger partial charge in [0, 0.05) is 5.25 Å². The Labute approximate surface area is 79.9 Å². The first-order chi connectivity index (χ1) is 5.35. The topological polar surface area (TPSA) is 0 Å². The molecule has 2 heteroatoms. The molecule has 0 aromatic rings. The molecule has 0 fully saturated rings. The van der Waals surface area contributed by atoms with E-state index < -0.39 is 0 Å². The second kappa shape index (κ2) is 8.79. The van der Waals surface area contributed by atoms with Gasteiger partial charge in [-0.1, -0.05) is 13.8 Å². The van der Waals surface area contributed by atoms with Crippen molar-refractivity contribution in [1.29, 1.82) is 0 Å². The van der Waals surface area contributed by atoms with Gasteiger partial charge in [0.2, 0.25) is 0 Å². The minimum absolute atomic E-state index is 0.910. The summed E-state index contributed by atoms with van der Waals surface area (Å²) in [6.45, 7) is 4.52. The maximum Gasteiger partial charge on any atom is 0.00419 e. The summed E-state index contributed by atoms with van der Waals surface area (Å²) in [5, 5.41) is 0.910. The average molecular weight is 192 g/mol. The molecule has 11 heavy (non-hydrogen) atoms. The van der Waals surface area contributed by atoms with Crippen LogP contribution in [0.4, 0.5) is 0 Å². The highest BCUT2D eigenvalue weighted by Crippen LogP contribution is 2.17. The zero-order valence-electron chi connectivity index (χ0n) is 7.93. The smallest absolute Gasteiger partial charge is 0.00419 e. The molecule has 0 bridgehead atoms. The molecule has 0 rings (SSSR count). The first-order valence-electron chi connectivity index (χ1n) is 4.45. The lowest BCUT2D eigenvalue weighted by atomic mass is 10.2. The molecular formula is C9H20S2. The van der Waals surface area contributed by atoms with Crippen LogP contribution in [-0.4, -0.2) is 23.0 Å². The zero-order chi connectivity index (χ0) is 8.53. The maximum atomic E-state index is 2.29. The normalized spacial score (nSPS) is 13.4. The Bertz CT molecular complexity index is 70.0. The Morgan fingerprint density at radius 2 is 2.00 bits per heavy atom. The largest absolute Gasteiger partial charge is 0.162 e. The lowest BCUT2D eigenvalue weighted by Gasteiger charge is -2.10. The molecule has 0 aliphatic heterocycles. The number of hydrogen-bond acceptors (Lipinski definition) is 2. The van der Waals surface area contributed by atoms with Crippen molar-refractivity contribution in [3.8, 4) is 0 Å². The highest BCUT2D eigenvalue weighted by molar-refractivity contribution is 7.99. The van der Waals surface area contributed by atoms with Crippen molar-refractivity contribution in [3.05, 3.63) is 0 Å². The quantitative estimate of drug-likeness (QED) is 0.565. The van der Waals surface area contributed by atoms with E-state index in [0.29, 0.717) is 0 Å².